The summed E-state index contributed by atoms with van der Waals surface area (Å²) in [7, 11) is 0. The van der Waals surface area contributed by atoms with Crippen molar-refractivity contribution in [1.82, 2.24) is 0 Å². The lowest BCUT2D eigenvalue weighted by Gasteiger charge is -2.02. The lowest BCUT2D eigenvalue weighted by atomic mass is 10.5. The molecule has 1 N–H and O–H groups in total. The Kier molecular flexibility index (Phi) is 5.25. The minimum atomic E-state index is 0.626. The molecular weight excluding hydrogens is 128 g/mol. The van der Waals surface area contributed by atoms with Gasteiger partial charge in [0.1, 0.15) is 13.1 Å². The molecule has 0 aliphatic rings. The Morgan fingerprint density at radius 2 is 1.90 bits per heavy atom. The van der Waals surface area contributed by atoms with E-state index in [0.29, 0.717) is 13.1 Å². The van der Waals surface area contributed by atoms with E-state index in [9.17, 15) is 4.79 Å². The van der Waals surface area contributed by atoms with Crippen molar-refractivity contribution < 1.29 is 9.80 Å². The molecule has 0 amide bonds. The van der Waals surface area contributed by atoms with E-state index in [4.69, 9.17) is 0 Å². The first-order valence-electron chi connectivity index (χ1n) is 2.99. The predicted molar refractivity (Wildman–Crippen MR) is 39.2 cm³/mol. The Labute approximate surface area is 60.3 Å². The first-order valence-corrected chi connectivity index (χ1v) is 2.99. The van der Waals surface area contributed by atoms with Crippen LogP contribution in [0, 0.1) is 0 Å². The van der Waals surface area contributed by atoms with Gasteiger partial charge in [0.25, 0.3) is 6.08 Å². The molecule has 0 bridgehead atoms. The summed E-state index contributed by atoms with van der Waals surface area (Å²) in [4.78, 5) is 9.78. The SMILES string of the molecule is C=CC[NH+](CC=C)N=C=O. The molecule has 0 aliphatic heterocycles. The molecule has 0 heterocycles. The monoisotopic (exact) mass is 139 g/mol. The van der Waals surface area contributed by atoms with E-state index in [1.54, 1.807) is 12.2 Å². The van der Waals surface area contributed by atoms with Gasteiger partial charge in [-0.05, 0) is 12.2 Å². The van der Waals surface area contributed by atoms with Crippen molar-refractivity contribution in [2.45, 2.75) is 0 Å². The highest BCUT2D eigenvalue weighted by molar-refractivity contribution is 5.31. The van der Waals surface area contributed by atoms with Crippen molar-refractivity contribution in [3.8, 4) is 0 Å². The van der Waals surface area contributed by atoms with Crippen LogP contribution in [0.1, 0.15) is 0 Å². The number of hydrogen-bond acceptors (Lipinski definition) is 2. The van der Waals surface area contributed by atoms with Crippen LogP contribution in [0.5, 0.6) is 0 Å². The Hall–Kier alpha value is -1.18. The van der Waals surface area contributed by atoms with Gasteiger partial charge in [0, 0.05) is 5.10 Å². The summed E-state index contributed by atoms with van der Waals surface area (Å²) < 4.78 is 0. The minimum absolute atomic E-state index is 0.626. The number of rotatable bonds is 5. The van der Waals surface area contributed by atoms with Crippen molar-refractivity contribution in [2.75, 3.05) is 13.1 Å². The van der Waals surface area contributed by atoms with Crippen LogP contribution in [0.15, 0.2) is 30.4 Å². The molecule has 0 unspecified atom stereocenters. The quantitative estimate of drug-likeness (QED) is 0.237. The molecule has 0 saturated heterocycles. The largest absolute Gasteiger partial charge is 0.294 e. The summed E-state index contributed by atoms with van der Waals surface area (Å²) in [6, 6.07) is 0. The first kappa shape index (κ1) is 8.82. The number of nitrogens with one attached hydrogen (secondary N) is 1. The third-order valence-electron chi connectivity index (χ3n) is 0.964. The smallest absolute Gasteiger partial charge is 0.206 e. The predicted octanol–water partition coefficient (Wildman–Crippen LogP) is -0.506. The van der Waals surface area contributed by atoms with E-state index in [2.05, 4.69) is 18.3 Å². The summed E-state index contributed by atoms with van der Waals surface area (Å²) in [6.07, 6.45) is 4.87. The van der Waals surface area contributed by atoms with Gasteiger partial charge in [-0.1, -0.05) is 13.2 Å². The molecular formula is C7H11N2O+. The summed E-state index contributed by atoms with van der Waals surface area (Å²) in [6.45, 7) is 8.29. The molecule has 3 nitrogen and oxygen atoms in total. The molecule has 0 saturated carbocycles. The highest BCUT2D eigenvalue weighted by atomic mass is 16.1. The van der Waals surface area contributed by atoms with Crippen LogP contribution in [0.25, 0.3) is 0 Å². The van der Waals surface area contributed by atoms with Crippen molar-refractivity contribution in [1.29, 1.82) is 0 Å². The molecule has 0 atom stereocenters. The van der Waals surface area contributed by atoms with Crippen molar-refractivity contribution in [3.05, 3.63) is 25.3 Å². The Balaban J connectivity index is 3.81. The fourth-order valence-corrected chi connectivity index (χ4v) is 0.572. The van der Waals surface area contributed by atoms with Gasteiger partial charge in [0.2, 0.25) is 0 Å². The number of nitrogens with zero attached hydrogens (tertiary/aromatic N) is 1. The van der Waals surface area contributed by atoms with Crippen LogP contribution >= 0.6 is 0 Å². The molecule has 0 aromatic rings. The minimum Gasteiger partial charge on any atom is -0.206 e. The highest BCUT2D eigenvalue weighted by Gasteiger charge is 1.98. The van der Waals surface area contributed by atoms with Crippen LogP contribution in [0.4, 0.5) is 0 Å². The fourth-order valence-electron chi connectivity index (χ4n) is 0.572. The zero-order chi connectivity index (χ0) is 7.82. The number of quaternary nitrogens is 1. The molecule has 0 spiro atoms. The molecule has 0 aromatic carbocycles. The molecule has 0 rings (SSSR count). The topological polar surface area (TPSA) is 33.9 Å². The second-order valence-electron chi connectivity index (χ2n) is 1.75. The molecule has 54 valence electrons. The third kappa shape index (κ3) is 3.78. The third-order valence-corrected chi connectivity index (χ3v) is 0.964. The maximum Gasteiger partial charge on any atom is 0.294 e. The van der Waals surface area contributed by atoms with Gasteiger partial charge in [-0.3, -0.25) is 0 Å². The molecule has 3 heteroatoms. The summed E-state index contributed by atoms with van der Waals surface area (Å²) in [5.41, 5.74) is 0. The molecule has 0 radical (unpaired) electrons. The zero-order valence-corrected chi connectivity index (χ0v) is 5.84. The van der Waals surface area contributed by atoms with E-state index < -0.39 is 0 Å². The molecule has 10 heavy (non-hydrogen) atoms. The van der Waals surface area contributed by atoms with Crippen LogP contribution in [0.3, 0.4) is 0 Å². The highest BCUT2D eigenvalue weighted by Crippen LogP contribution is 1.56. The van der Waals surface area contributed by atoms with Crippen LogP contribution < -0.4 is 5.01 Å². The van der Waals surface area contributed by atoms with Gasteiger partial charge in [-0.15, -0.1) is 0 Å². The Bertz CT molecular complexity index is 149. The van der Waals surface area contributed by atoms with Crippen LogP contribution in [0.2, 0.25) is 0 Å². The van der Waals surface area contributed by atoms with E-state index in [0.717, 1.165) is 5.01 Å². The second-order valence-corrected chi connectivity index (χ2v) is 1.75. The second kappa shape index (κ2) is 5.95. The van der Waals surface area contributed by atoms with E-state index in [1.165, 1.54) is 6.08 Å². The van der Waals surface area contributed by atoms with Crippen molar-refractivity contribution in [2.24, 2.45) is 5.10 Å². The van der Waals surface area contributed by atoms with E-state index in [-0.39, 0.29) is 0 Å². The Morgan fingerprint density at radius 3 is 2.20 bits per heavy atom. The van der Waals surface area contributed by atoms with E-state index in [1.807, 2.05) is 0 Å². The van der Waals surface area contributed by atoms with Gasteiger partial charge in [-0.25, -0.2) is 4.79 Å². The van der Waals surface area contributed by atoms with Gasteiger partial charge in [0.15, 0.2) is 0 Å². The van der Waals surface area contributed by atoms with Gasteiger partial charge >= 0.3 is 0 Å². The maximum absolute atomic E-state index is 9.78. The van der Waals surface area contributed by atoms with Crippen molar-refractivity contribution >= 4 is 6.08 Å². The van der Waals surface area contributed by atoms with Gasteiger partial charge in [-0.2, -0.15) is 5.01 Å². The molecule has 0 aromatic heterocycles. The average Bonchev–Trinajstić information content (AvgIpc) is 1.90. The average molecular weight is 139 g/mol. The molecule has 0 aliphatic carbocycles. The Morgan fingerprint density at radius 1 is 1.40 bits per heavy atom. The standard InChI is InChI=1S/C7H10N2O/c1-3-5-9(6-4-2)8-7-10/h3-4H,1-2,5-6H2/p+1. The maximum atomic E-state index is 9.78. The summed E-state index contributed by atoms with van der Waals surface area (Å²) in [5, 5.41) is 4.22. The summed E-state index contributed by atoms with van der Waals surface area (Å²) in [5.74, 6) is 0. The van der Waals surface area contributed by atoms with Gasteiger partial charge in [0.05, 0.1) is 0 Å². The summed E-state index contributed by atoms with van der Waals surface area (Å²) >= 11 is 0. The van der Waals surface area contributed by atoms with E-state index >= 15 is 0 Å². The van der Waals surface area contributed by atoms with Crippen LogP contribution in [-0.4, -0.2) is 19.2 Å². The van der Waals surface area contributed by atoms with Crippen molar-refractivity contribution in [3.63, 3.8) is 0 Å². The zero-order valence-electron chi connectivity index (χ0n) is 5.84. The number of isocyanates is 1. The van der Waals surface area contributed by atoms with Crippen LogP contribution in [-0.2, 0) is 4.79 Å². The van der Waals surface area contributed by atoms with Gasteiger partial charge < -0.3 is 0 Å². The lowest BCUT2D eigenvalue weighted by Crippen LogP contribution is -3.06. The molecule has 0 fully saturated rings. The fraction of sp³-hybridized carbons (Fsp3) is 0.286. The normalized spacial score (nSPS) is 8.50. The lowest BCUT2D eigenvalue weighted by molar-refractivity contribution is -0.894. The number of hydrogen-bond donors (Lipinski definition) is 1. The number of carbonyl (C=O) groups excluding carboxylic acids is 1. The first-order chi connectivity index (χ1) is 4.85.